The summed E-state index contributed by atoms with van der Waals surface area (Å²) in [4.78, 5) is 24.4. The predicted octanol–water partition coefficient (Wildman–Crippen LogP) is 13.6. The first-order valence-electron chi connectivity index (χ1n) is 23.6. The van der Waals surface area contributed by atoms with E-state index in [-0.39, 0.29) is 18.5 Å². The van der Waals surface area contributed by atoms with E-state index < -0.39 is 12.1 Å². The Labute approximate surface area is 335 Å². The Morgan fingerprint density at radius 3 is 1.35 bits per heavy atom. The van der Waals surface area contributed by atoms with Crippen molar-refractivity contribution in [1.29, 1.82) is 0 Å². The molecule has 1 amide bonds. The minimum Gasteiger partial charge on any atom is -0.466 e. The molecule has 0 fully saturated rings. The van der Waals surface area contributed by atoms with Gasteiger partial charge in [0, 0.05) is 12.8 Å². The van der Waals surface area contributed by atoms with E-state index in [9.17, 15) is 19.8 Å². The number of rotatable bonds is 43. The van der Waals surface area contributed by atoms with Crippen molar-refractivity contribution in [3.63, 3.8) is 0 Å². The standard InChI is InChI=1S/C48H91NO5/c1-3-5-7-9-11-13-15-17-18-19-20-22-26-30-34-38-42-48(53)54-43-39-35-31-27-23-25-29-33-37-41-47(52)49-45(44-50)46(51)40-36-32-28-24-21-16-14-12-10-8-6-4-2/h25,29,36,40,45-46,50-51H,3-24,26-28,30-35,37-39,41-44H2,1-2H3,(H,49,52)/b29-25-,40-36+. The van der Waals surface area contributed by atoms with Crippen LogP contribution in [0.3, 0.4) is 0 Å². The largest absolute Gasteiger partial charge is 0.466 e. The fourth-order valence-electron chi connectivity index (χ4n) is 7.05. The Balaban J connectivity index is 3.56. The highest BCUT2D eigenvalue weighted by molar-refractivity contribution is 5.76. The summed E-state index contributed by atoms with van der Waals surface area (Å²) < 4.78 is 5.43. The van der Waals surface area contributed by atoms with Crippen molar-refractivity contribution in [2.75, 3.05) is 13.2 Å². The number of hydrogen-bond acceptors (Lipinski definition) is 5. The van der Waals surface area contributed by atoms with Crippen molar-refractivity contribution in [2.45, 2.75) is 257 Å². The van der Waals surface area contributed by atoms with E-state index in [4.69, 9.17) is 4.74 Å². The third-order valence-corrected chi connectivity index (χ3v) is 10.7. The molecular formula is C48H91NO5. The number of carbonyl (C=O) groups excluding carboxylic acids is 2. The summed E-state index contributed by atoms with van der Waals surface area (Å²) in [5.74, 6) is -0.165. The van der Waals surface area contributed by atoms with Crippen LogP contribution >= 0.6 is 0 Å². The number of aliphatic hydroxyl groups excluding tert-OH is 2. The minimum atomic E-state index is -0.873. The van der Waals surface area contributed by atoms with Crippen molar-refractivity contribution >= 4 is 11.9 Å². The van der Waals surface area contributed by atoms with Crippen LogP contribution in [0.1, 0.15) is 245 Å². The van der Waals surface area contributed by atoms with E-state index in [2.05, 4.69) is 31.3 Å². The highest BCUT2D eigenvalue weighted by atomic mass is 16.5. The number of esters is 1. The second kappa shape index (κ2) is 44.1. The monoisotopic (exact) mass is 762 g/mol. The lowest BCUT2D eigenvalue weighted by Crippen LogP contribution is -2.45. The quantitative estimate of drug-likeness (QED) is 0.0327. The fourth-order valence-corrected chi connectivity index (χ4v) is 7.05. The molecule has 0 bridgehead atoms. The van der Waals surface area contributed by atoms with Gasteiger partial charge in [0.1, 0.15) is 0 Å². The Hall–Kier alpha value is -1.66. The van der Waals surface area contributed by atoms with Crippen molar-refractivity contribution in [3.8, 4) is 0 Å². The number of aliphatic hydroxyl groups is 2. The molecule has 0 aromatic heterocycles. The maximum atomic E-state index is 12.4. The highest BCUT2D eigenvalue weighted by Crippen LogP contribution is 2.15. The molecule has 2 atom stereocenters. The van der Waals surface area contributed by atoms with Gasteiger partial charge in [0.15, 0.2) is 0 Å². The molecule has 0 aliphatic heterocycles. The van der Waals surface area contributed by atoms with Crippen molar-refractivity contribution in [3.05, 3.63) is 24.3 Å². The molecule has 0 heterocycles. The number of allylic oxidation sites excluding steroid dienone is 3. The molecule has 0 radical (unpaired) electrons. The molecule has 0 saturated carbocycles. The molecule has 0 aromatic carbocycles. The normalized spacial score (nSPS) is 12.9. The first-order valence-corrected chi connectivity index (χ1v) is 23.6. The average Bonchev–Trinajstić information content (AvgIpc) is 3.17. The number of amides is 1. The summed E-state index contributed by atoms with van der Waals surface area (Å²) in [7, 11) is 0. The zero-order chi connectivity index (χ0) is 39.4. The van der Waals surface area contributed by atoms with Crippen LogP contribution in [0.2, 0.25) is 0 Å². The fraction of sp³-hybridized carbons (Fsp3) is 0.875. The molecule has 0 aliphatic rings. The summed E-state index contributed by atoms with van der Waals surface area (Å²) in [6, 6.07) is -0.663. The van der Waals surface area contributed by atoms with Crippen LogP contribution in [-0.2, 0) is 14.3 Å². The SMILES string of the molecule is CCCCCCCCCCCC/C=C/C(O)C(CO)NC(=O)CCC/C=C\CCCCCCOC(=O)CCCCCCCCCCCCCCCCCC. The van der Waals surface area contributed by atoms with Crippen molar-refractivity contribution < 1.29 is 24.5 Å². The number of ether oxygens (including phenoxy) is 1. The number of hydrogen-bond donors (Lipinski definition) is 3. The molecule has 54 heavy (non-hydrogen) atoms. The highest BCUT2D eigenvalue weighted by Gasteiger charge is 2.17. The van der Waals surface area contributed by atoms with Gasteiger partial charge in [0.25, 0.3) is 0 Å². The predicted molar refractivity (Wildman–Crippen MR) is 232 cm³/mol. The van der Waals surface area contributed by atoms with Gasteiger partial charge in [0.2, 0.25) is 5.91 Å². The lowest BCUT2D eigenvalue weighted by molar-refractivity contribution is -0.143. The summed E-state index contributed by atoms with van der Waals surface area (Å²) in [6.45, 7) is 4.80. The summed E-state index contributed by atoms with van der Waals surface area (Å²) in [5, 5.41) is 22.9. The van der Waals surface area contributed by atoms with E-state index in [1.165, 1.54) is 148 Å². The molecule has 2 unspecified atom stereocenters. The lowest BCUT2D eigenvalue weighted by atomic mass is 10.0. The minimum absolute atomic E-state index is 0.0355. The molecule has 0 rings (SSSR count). The number of carbonyl (C=O) groups is 2. The van der Waals surface area contributed by atoms with E-state index in [1.807, 2.05) is 6.08 Å². The first-order chi connectivity index (χ1) is 26.5. The lowest BCUT2D eigenvalue weighted by Gasteiger charge is -2.19. The van der Waals surface area contributed by atoms with Gasteiger partial charge in [-0.3, -0.25) is 9.59 Å². The smallest absolute Gasteiger partial charge is 0.305 e. The molecule has 6 nitrogen and oxygen atoms in total. The third-order valence-electron chi connectivity index (χ3n) is 10.7. The van der Waals surface area contributed by atoms with Crippen molar-refractivity contribution in [2.24, 2.45) is 0 Å². The van der Waals surface area contributed by atoms with E-state index in [1.54, 1.807) is 6.08 Å². The zero-order valence-electron chi connectivity index (χ0n) is 36.0. The first kappa shape index (κ1) is 52.3. The van der Waals surface area contributed by atoms with Crippen LogP contribution in [0, 0.1) is 0 Å². The topological polar surface area (TPSA) is 95.9 Å². The second-order valence-electron chi connectivity index (χ2n) is 16.1. The number of unbranched alkanes of at least 4 members (excludes halogenated alkanes) is 30. The van der Waals surface area contributed by atoms with Crippen LogP contribution in [0.4, 0.5) is 0 Å². The van der Waals surface area contributed by atoms with E-state index in [0.717, 1.165) is 70.6 Å². The summed E-state index contributed by atoms with van der Waals surface area (Å²) in [5.41, 5.74) is 0. The van der Waals surface area contributed by atoms with Crippen LogP contribution < -0.4 is 5.32 Å². The van der Waals surface area contributed by atoms with Gasteiger partial charge in [-0.05, 0) is 51.4 Å². The summed E-state index contributed by atoms with van der Waals surface area (Å²) >= 11 is 0. The van der Waals surface area contributed by atoms with E-state index >= 15 is 0 Å². The summed E-state index contributed by atoms with van der Waals surface area (Å²) in [6.07, 6.45) is 50.3. The Kier molecular flexibility index (Phi) is 42.7. The molecule has 6 heteroatoms. The Morgan fingerprint density at radius 1 is 0.500 bits per heavy atom. The Bertz CT molecular complexity index is 843. The van der Waals surface area contributed by atoms with Crippen LogP contribution in [0.25, 0.3) is 0 Å². The van der Waals surface area contributed by atoms with Gasteiger partial charge in [0.05, 0.1) is 25.4 Å². The van der Waals surface area contributed by atoms with Gasteiger partial charge in [-0.15, -0.1) is 0 Å². The van der Waals surface area contributed by atoms with Gasteiger partial charge < -0.3 is 20.3 Å². The molecule has 3 N–H and O–H groups in total. The average molecular weight is 762 g/mol. The molecular weight excluding hydrogens is 671 g/mol. The second-order valence-corrected chi connectivity index (χ2v) is 16.1. The van der Waals surface area contributed by atoms with Crippen LogP contribution in [0.5, 0.6) is 0 Å². The van der Waals surface area contributed by atoms with Crippen LogP contribution in [0.15, 0.2) is 24.3 Å². The molecule has 0 aromatic rings. The third kappa shape index (κ3) is 40.0. The zero-order valence-corrected chi connectivity index (χ0v) is 36.0. The Morgan fingerprint density at radius 2 is 0.889 bits per heavy atom. The van der Waals surface area contributed by atoms with Crippen LogP contribution in [-0.4, -0.2) is 47.4 Å². The van der Waals surface area contributed by atoms with Gasteiger partial charge in [-0.25, -0.2) is 0 Å². The molecule has 0 saturated heterocycles. The van der Waals surface area contributed by atoms with Crippen molar-refractivity contribution in [1.82, 2.24) is 5.32 Å². The maximum absolute atomic E-state index is 12.4. The molecule has 0 aliphatic carbocycles. The van der Waals surface area contributed by atoms with E-state index in [0.29, 0.717) is 19.4 Å². The maximum Gasteiger partial charge on any atom is 0.305 e. The van der Waals surface area contributed by atoms with Gasteiger partial charge in [-0.2, -0.15) is 0 Å². The number of nitrogens with one attached hydrogen (secondary N) is 1. The van der Waals surface area contributed by atoms with Gasteiger partial charge in [-0.1, -0.05) is 205 Å². The molecule has 0 spiro atoms. The molecule has 318 valence electrons. The van der Waals surface area contributed by atoms with Gasteiger partial charge >= 0.3 is 5.97 Å².